The third kappa shape index (κ3) is 5.00. The zero-order valence-corrected chi connectivity index (χ0v) is 15.9. The van der Waals surface area contributed by atoms with E-state index in [1.165, 1.54) is 10.9 Å². The van der Waals surface area contributed by atoms with Gasteiger partial charge in [-0.15, -0.1) is 0 Å². The number of amides is 1. The molecule has 0 unspecified atom stereocenters. The van der Waals surface area contributed by atoms with E-state index in [1.807, 2.05) is 0 Å². The number of hydrogen-bond donors (Lipinski definition) is 2. The fraction of sp³-hybridized carbons (Fsp3) is 0.200. The number of rotatable bonds is 7. The largest absolute Gasteiger partial charge is 0.463 e. The second kappa shape index (κ2) is 8.86. The summed E-state index contributed by atoms with van der Waals surface area (Å²) in [6.07, 6.45) is -2.25. The number of aromatic amines is 1. The molecule has 2 aromatic heterocycles. The highest BCUT2D eigenvalue weighted by Gasteiger charge is 2.35. The number of alkyl halides is 3. The average Bonchev–Trinajstić information content (AvgIpc) is 3.23. The number of aromatic nitrogens is 3. The molecule has 0 radical (unpaired) electrons. The van der Waals surface area contributed by atoms with Gasteiger partial charge in [0.15, 0.2) is 6.04 Å². The maximum atomic E-state index is 13.3. The monoisotopic (exact) mass is 434 g/mol. The number of esters is 1. The van der Waals surface area contributed by atoms with Crippen LogP contribution in [0.5, 0.6) is 0 Å². The lowest BCUT2D eigenvalue weighted by molar-refractivity contribution is -0.146. The lowest BCUT2D eigenvalue weighted by Gasteiger charge is -2.18. The van der Waals surface area contributed by atoms with Gasteiger partial charge in [0.2, 0.25) is 0 Å². The molecule has 1 aromatic carbocycles. The molecule has 31 heavy (non-hydrogen) atoms. The van der Waals surface area contributed by atoms with Crippen molar-refractivity contribution in [3.05, 3.63) is 87.6 Å². The molecular weight excluding hydrogens is 417 g/mol. The van der Waals surface area contributed by atoms with Crippen molar-refractivity contribution in [3.8, 4) is 0 Å². The Balaban J connectivity index is 1.81. The maximum Gasteiger partial charge on any atom is 0.431 e. The number of carbonyl (C=O) groups is 2. The first kappa shape index (κ1) is 21.8. The molecule has 3 aromatic rings. The van der Waals surface area contributed by atoms with Crippen molar-refractivity contribution in [1.82, 2.24) is 14.8 Å². The van der Waals surface area contributed by atoms with Crippen LogP contribution in [0.25, 0.3) is 0 Å². The van der Waals surface area contributed by atoms with Gasteiger partial charge in [-0.1, -0.05) is 30.3 Å². The number of nitrogens with one attached hydrogen (secondary N) is 1. The predicted octanol–water partition coefficient (Wildman–Crippen LogP) is 2.06. The third-order valence-corrected chi connectivity index (χ3v) is 4.42. The van der Waals surface area contributed by atoms with Gasteiger partial charge >= 0.3 is 12.1 Å². The van der Waals surface area contributed by atoms with Crippen molar-refractivity contribution < 1.29 is 27.5 Å². The number of H-pyrrole nitrogens is 1. The lowest BCUT2D eigenvalue weighted by atomic mass is 10.1. The Hall–Kier alpha value is -3.89. The fourth-order valence-electron chi connectivity index (χ4n) is 3.01. The Labute approximate surface area is 173 Å². The first-order valence-electron chi connectivity index (χ1n) is 9.02. The van der Waals surface area contributed by atoms with Crippen LogP contribution in [0.1, 0.15) is 33.2 Å². The average molecular weight is 434 g/mol. The molecule has 0 aliphatic heterocycles. The van der Waals surface area contributed by atoms with E-state index in [-0.39, 0.29) is 0 Å². The van der Waals surface area contributed by atoms with E-state index in [1.54, 1.807) is 47.6 Å². The van der Waals surface area contributed by atoms with E-state index in [0.717, 1.165) is 6.07 Å². The van der Waals surface area contributed by atoms with Crippen molar-refractivity contribution in [2.24, 2.45) is 5.73 Å². The molecule has 1 amide bonds. The summed E-state index contributed by atoms with van der Waals surface area (Å²) < 4.78 is 46.4. The Morgan fingerprint density at radius 3 is 2.48 bits per heavy atom. The zero-order chi connectivity index (χ0) is 22.6. The van der Waals surface area contributed by atoms with Gasteiger partial charge in [0.25, 0.3) is 11.5 Å². The zero-order valence-electron chi connectivity index (χ0n) is 15.9. The first-order chi connectivity index (χ1) is 14.7. The van der Waals surface area contributed by atoms with Crippen molar-refractivity contribution in [2.45, 2.75) is 18.6 Å². The number of primary amides is 1. The number of ether oxygens (including phenoxy) is 1. The van der Waals surface area contributed by atoms with Crippen LogP contribution >= 0.6 is 0 Å². The number of pyridine rings is 1. The summed E-state index contributed by atoms with van der Waals surface area (Å²) in [6.45, 7) is -0.434. The van der Waals surface area contributed by atoms with Gasteiger partial charge in [-0.25, -0.2) is 4.79 Å². The van der Waals surface area contributed by atoms with Crippen LogP contribution in [0.15, 0.2) is 59.7 Å². The van der Waals surface area contributed by atoms with E-state index in [9.17, 15) is 27.6 Å². The highest BCUT2D eigenvalue weighted by molar-refractivity contribution is 5.92. The molecule has 0 saturated heterocycles. The molecule has 0 bridgehead atoms. The van der Waals surface area contributed by atoms with Crippen LogP contribution in [0.3, 0.4) is 0 Å². The van der Waals surface area contributed by atoms with Gasteiger partial charge in [-0.2, -0.15) is 18.3 Å². The van der Waals surface area contributed by atoms with Crippen LogP contribution in [0, 0.1) is 0 Å². The lowest BCUT2D eigenvalue weighted by Crippen LogP contribution is -2.28. The second-order valence-electron chi connectivity index (χ2n) is 6.49. The van der Waals surface area contributed by atoms with Crippen molar-refractivity contribution in [1.29, 1.82) is 0 Å². The predicted molar refractivity (Wildman–Crippen MR) is 102 cm³/mol. The van der Waals surface area contributed by atoms with Crippen molar-refractivity contribution in [3.63, 3.8) is 0 Å². The minimum absolute atomic E-state index is 0.405. The molecule has 3 rings (SSSR count). The molecule has 0 spiro atoms. The standard InChI is InChI=1S/C20H17F3N4O4/c21-20(22,23)16-13(11-14(17(24)28)18(29)26-16)7-10-31-19(30)15(27-9-4-8-25-27)12-5-2-1-3-6-12/h1-6,8-9,11,15H,7,10H2,(H2,24,28)(H,26,29)/t15-/m1/s1. The number of nitrogens with two attached hydrogens (primary N) is 1. The summed E-state index contributed by atoms with van der Waals surface area (Å²) in [5.74, 6) is -1.90. The van der Waals surface area contributed by atoms with E-state index < -0.39 is 59.5 Å². The second-order valence-corrected chi connectivity index (χ2v) is 6.49. The Morgan fingerprint density at radius 1 is 1.19 bits per heavy atom. The molecular formula is C20H17F3N4O4. The molecule has 8 nitrogen and oxygen atoms in total. The van der Waals surface area contributed by atoms with Gasteiger partial charge in [0, 0.05) is 18.8 Å². The number of nitrogens with zero attached hydrogens (tertiary/aromatic N) is 2. The van der Waals surface area contributed by atoms with Gasteiger partial charge < -0.3 is 15.5 Å². The molecule has 162 valence electrons. The topological polar surface area (TPSA) is 120 Å². The Kier molecular flexibility index (Phi) is 6.23. The molecule has 0 aliphatic rings. The molecule has 11 heteroatoms. The van der Waals surface area contributed by atoms with Crippen molar-refractivity contribution in [2.75, 3.05) is 6.61 Å². The van der Waals surface area contributed by atoms with Crippen LogP contribution < -0.4 is 11.3 Å². The number of carbonyl (C=O) groups excluding carboxylic acids is 2. The van der Waals surface area contributed by atoms with E-state index in [4.69, 9.17) is 10.5 Å². The minimum atomic E-state index is -4.88. The summed E-state index contributed by atoms with van der Waals surface area (Å²) in [7, 11) is 0. The minimum Gasteiger partial charge on any atom is -0.463 e. The molecule has 0 aliphatic carbocycles. The quantitative estimate of drug-likeness (QED) is 0.552. The first-order valence-corrected chi connectivity index (χ1v) is 9.02. The fourth-order valence-corrected chi connectivity index (χ4v) is 3.01. The Bertz CT molecular complexity index is 1130. The highest BCUT2D eigenvalue weighted by Crippen LogP contribution is 2.30. The number of hydrogen-bond acceptors (Lipinski definition) is 5. The summed E-state index contributed by atoms with van der Waals surface area (Å²) in [4.78, 5) is 37.4. The van der Waals surface area contributed by atoms with E-state index >= 15 is 0 Å². The van der Waals surface area contributed by atoms with Crippen LogP contribution in [-0.2, 0) is 22.1 Å². The van der Waals surface area contributed by atoms with Gasteiger partial charge in [-0.3, -0.25) is 14.3 Å². The third-order valence-electron chi connectivity index (χ3n) is 4.42. The normalized spacial score (nSPS) is 12.4. The molecule has 0 saturated carbocycles. The Morgan fingerprint density at radius 2 is 1.90 bits per heavy atom. The number of halogens is 3. The summed E-state index contributed by atoms with van der Waals surface area (Å²) in [5, 5.41) is 4.04. The molecule has 1 atom stereocenters. The van der Waals surface area contributed by atoms with Crippen LogP contribution in [0.2, 0.25) is 0 Å². The summed E-state index contributed by atoms with van der Waals surface area (Å²) in [5.41, 5.74) is 2.00. The van der Waals surface area contributed by atoms with Crippen LogP contribution in [-0.4, -0.2) is 33.2 Å². The van der Waals surface area contributed by atoms with Gasteiger partial charge in [0.1, 0.15) is 11.3 Å². The molecule has 2 heterocycles. The smallest absolute Gasteiger partial charge is 0.431 e. The molecule has 3 N–H and O–H groups in total. The SMILES string of the molecule is NC(=O)c1cc(CCOC(=O)[C@@H](c2ccccc2)n2cccn2)c(C(F)(F)F)[nH]c1=O. The molecule has 0 fully saturated rings. The maximum absolute atomic E-state index is 13.3. The highest BCUT2D eigenvalue weighted by atomic mass is 19.4. The van der Waals surface area contributed by atoms with Crippen molar-refractivity contribution >= 4 is 11.9 Å². The van der Waals surface area contributed by atoms with Crippen LogP contribution in [0.4, 0.5) is 13.2 Å². The van der Waals surface area contributed by atoms with E-state index in [2.05, 4.69) is 5.10 Å². The van der Waals surface area contributed by atoms with E-state index in [0.29, 0.717) is 5.56 Å². The van der Waals surface area contributed by atoms with Gasteiger partial charge in [0.05, 0.1) is 6.61 Å². The summed E-state index contributed by atoms with van der Waals surface area (Å²) in [6, 6.07) is 10.0. The number of benzene rings is 1. The van der Waals surface area contributed by atoms with Gasteiger partial charge in [-0.05, 0) is 23.3 Å². The summed E-state index contributed by atoms with van der Waals surface area (Å²) >= 11 is 0.